The molecular weight excluding hydrogens is 238 g/mol. The molecule has 0 unspecified atom stereocenters. The number of aromatic nitrogens is 3. The predicted octanol–water partition coefficient (Wildman–Crippen LogP) is 2.08. The summed E-state index contributed by atoms with van der Waals surface area (Å²) in [6.45, 7) is 7.17. The summed E-state index contributed by atoms with van der Waals surface area (Å²) in [5.41, 5.74) is 0. The molecule has 1 aromatic rings. The van der Waals surface area contributed by atoms with Gasteiger partial charge in [0.2, 0.25) is 0 Å². The summed E-state index contributed by atoms with van der Waals surface area (Å²) in [5, 5.41) is 9.10. The van der Waals surface area contributed by atoms with E-state index in [1.165, 1.54) is 18.9 Å². The van der Waals surface area contributed by atoms with Crippen molar-refractivity contribution in [2.45, 2.75) is 44.8 Å². The highest BCUT2D eigenvalue weighted by atomic mass is 32.2. The van der Waals surface area contributed by atoms with Gasteiger partial charge >= 0.3 is 5.97 Å². The first kappa shape index (κ1) is 14.0. The Bertz CT molecular complexity index is 377. The first-order valence-electron chi connectivity index (χ1n) is 5.72. The van der Waals surface area contributed by atoms with Crippen molar-refractivity contribution in [1.29, 1.82) is 0 Å². The monoisotopic (exact) mass is 257 g/mol. The zero-order valence-electron chi connectivity index (χ0n) is 10.8. The number of nitrogens with zero attached hydrogens (tertiary/aromatic N) is 3. The van der Waals surface area contributed by atoms with Gasteiger partial charge in [-0.2, -0.15) is 0 Å². The number of hydrogen-bond acceptors (Lipinski definition) is 5. The van der Waals surface area contributed by atoms with Crippen molar-refractivity contribution in [3.05, 3.63) is 5.82 Å². The van der Waals surface area contributed by atoms with Crippen molar-refractivity contribution in [3.8, 4) is 0 Å². The van der Waals surface area contributed by atoms with Crippen LogP contribution in [0.15, 0.2) is 5.16 Å². The number of esters is 1. The lowest BCUT2D eigenvalue weighted by molar-refractivity contribution is -0.137. The van der Waals surface area contributed by atoms with Crippen LogP contribution >= 0.6 is 11.8 Å². The third-order valence-corrected chi connectivity index (χ3v) is 3.20. The highest BCUT2D eigenvalue weighted by molar-refractivity contribution is 7.99. The Hall–Kier alpha value is -1.04. The molecule has 0 spiro atoms. The number of carbonyl (C=O) groups excluding carboxylic acids is 1. The fraction of sp³-hybridized carbons (Fsp3) is 0.727. The molecule has 1 rings (SSSR count). The summed E-state index contributed by atoms with van der Waals surface area (Å²) in [6.07, 6.45) is 1.02. The van der Waals surface area contributed by atoms with Crippen molar-refractivity contribution in [2.24, 2.45) is 0 Å². The molecule has 0 bridgehead atoms. The van der Waals surface area contributed by atoms with Crippen molar-refractivity contribution >= 4 is 17.7 Å². The molecule has 0 aromatic carbocycles. The Morgan fingerprint density at radius 2 is 2.18 bits per heavy atom. The quantitative estimate of drug-likeness (QED) is 0.577. The molecule has 0 atom stereocenters. The van der Waals surface area contributed by atoms with E-state index in [1.54, 1.807) is 0 Å². The normalized spacial score (nSPS) is 10.9. The second kappa shape index (κ2) is 6.64. The molecule has 0 aliphatic carbocycles. The van der Waals surface area contributed by atoms with E-state index in [4.69, 9.17) is 0 Å². The number of hydrogen-bond donors (Lipinski definition) is 0. The Labute approximate surface area is 106 Å². The van der Waals surface area contributed by atoms with Crippen molar-refractivity contribution in [3.63, 3.8) is 0 Å². The highest BCUT2D eigenvalue weighted by Gasteiger charge is 2.15. The Kier molecular flexibility index (Phi) is 5.47. The van der Waals surface area contributed by atoms with E-state index >= 15 is 0 Å². The van der Waals surface area contributed by atoms with Gasteiger partial charge in [0.05, 0.1) is 12.9 Å². The highest BCUT2D eigenvalue weighted by Crippen LogP contribution is 2.21. The van der Waals surface area contributed by atoms with Gasteiger partial charge in [-0.15, -0.1) is 10.2 Å². The Morgan fingerprint density at radius 1 is 1.47 bits per heavy atom. The van der Waals surface area contributed by atoms with Crippen LogP contribution in [0, 0.1) is 0 Å². The van der Waals surface area contributed by atoms with Crippen LogP contribution in [-0.4, -0.2) is 33.6 Å². The molecule has 0 radical (unpaired) electrons. The van der Waals surface area contributed by atoms with Crippen LogP contribution in [0.4, 0.5) is 0 Å². The average molecular weight is 257 g/mol. The minimum absolute atomic E-state index is 0.243. The third-order valence-electron chi connectivity index (χ3n) is 2.26. The molecule has 96 valence electrons. The SMILES string of the molecule is CCCn1c(SCC(=O)OC)nnc1C(C)C. The minimum atomic E-state index is -0.243. The summed E-state index contributed by atoms with van der Waals surface area (Å²) >= 11 is 1.37. The second-order valence-electron chi connectivity index (χ2n) is 4.01. The molecule has 1 aromatic heterocycles. The van der Waals surface area contributed by atoms with Crippen LogP contribution in [0.5, 0.6) is 0 Å². The number of thioether (sulfide) groups is 1. The van der Waals surface area contributed by atoms with Crippen LogP contribution in [0.1, 0.15) is 38.9 Å². The van der Waals surface area contributed by atoms with E-state index in [-0.39, 0.29) is 11.7 Å². The number of methoxy groups -OCH3 is 1. The van der Waals surface area contributed by atoms with Gasteiger partial charge in [0.15, 0.2) is 5.16 Å². The van der Waals surface area contributed by atoms with E-state index in [0.29, 0.717) is 5.92 Å². The van der Waals surface area contributed by atoms with Crippen LogP contribution in [0.25, 0.3) is 0 Å². The van der Waals surface area contributed by atoms with Crippen molar-refractivity contribution in [1.82, 2.24) is 14.8 Å². The molecule has 17 heavy (non-hydrogen) atoms. The third kappa shape index (κ3) is 3.73. The molecule has 0 aliphatic heterocycles. The maximum atomic E-state index is 11.1. The molecular formula is C11H19N3O2S. The molecule has 0 saturated carbocycles. The maximum Gasteiger partial charge on any atom is 0.316 e. The van der Waals surface area contributed by atoms with E-state index < -0.39 is 0 Å². The minimum Gasteiger partial charge on any atom is -0.468 e. The molecule has 1 heterocycles. The molecule has 0 aliphatic rings. The number of rotatable bonds is 6. The molecule has 0 saturated heterocycles. The van der Waals surface area contributed by atoms with Crippen LogP contribution in [0.3, 0.4) is 0 Å². The van der Waals surface area contributed by atoms with Gasteiger partial charge in [-0.05, 0) is 6.42 Å². The molecule has 6 heteroatoms. The topological polar surface area (TPSA) is 57.0 Å². The first-order valence-corrected chi connectivity index (χ1v) is 6.71. The Morgan fingerprint density at radius 3 is 2.71 bits per heavy atom. The number of carbonyl (C=O) groups is 1. The maximum absolute atomic E-state index is 11.1. The zero-order valence-corrected chi connectivity index (χ0v) is 11.6. The van der Waals surface area contributed by atoms with Crippen LogP contribution in [-0.2, 0) is 16.1 Å². The molecule has 0 amide bonds. The number of ether oxygens (including phenoxy) is 1. The standard InChI is InChI=1S/C11H19N3O2S/c1-5-6-14-10(8(2)3)12-13-11(14)17-7-9(15)16-4/h8H,5-7H2,1-4H3. The van der Waals surface area contributed by atoms with Gasteiger partial charge in [-0.1, -0.05) is 32.5 Å². The lowest BCUT2D eigenvalue weighted by Gasteiger charge is -2.10. The van der Waals surface area contributed by atoms with Gasteiger partial charge in [-0.3, -0.25) is 4.79 Å². The van der Waals surface area contributed by atoms with Crippen molar-refractivity contribution < 1.29 is 9.53 Å². The van der Waals surface area contributed by atoms with Gasteiger partial charge in [0, 0.05) is 12.5 Å². The lowest BCUT2D eigenvalue weighted by atomic mass is 10.2. The molecule has 5 nitrogen and oxygen atoms in total. The van der Waals surface area contributed by atoms with Crippen LogP contribution in [0.2, 0.25) is 0 Å². The van der Waals surface area contributed by atoms with Gasteiger partial charge in [-0.25, -0.2) is 0 Å². The first-order chi connectivity index (χ1) is 8.10. The van der Waals surface area contributed by atoms with Crippen molar-refractivity contribution in [2.75, 3.05) is 12.9 Å². The smallest absolute Gasteiger partial charge is 0.316 e. The van der Waals surface area contributed by atoms with Gasteiger partial charge < -0.3 is 9.30 Å². The Balaban J connectivity index is 2.80. The molecule has 0 N–H and O–H groups in total. The average Bonchev–Trinajstić information content (AvgIpc) is 2.70. The molecule has 0 fully saturated rings. The van der Waals surface area contributed by atoms with Crippen LogP contribution < -0.4 is 0 Å². The van der Waals surface area contributed by atoms with Gasteiger partial charge in [0.1, 0.15) is 5.82 Å². The zero-order chi connectivity index (χ0) is 12.8. The summed E-state index contributed by atoms with van der Waals surface area (Å²) in [6, 6.07) is 0. The lowest BCUT2D eigenvalue weighted by Crippen LogP contribution is -2.08. The summed E-state index contributed by atoms with van der Waals surface area (Å²) in [5.74, 6) is 1.34. The van der Waals surface area contributed by atoms with E-state index in [2.05, 4.69) is 40.3 Å². The second-order valence-corrected chi connectivity index (χ2v) is 4.95. The van der Waals surface area contributed by atoms with Gasteiger partial charge in [0.25, 0.3) is 0 Å². The van der Waals surface area contributed by atoms with E-state index in [9.17, 15) is 4.79 Å². The predicted molar refractivity (Wildman–Crippen MR) is 67.1 cm³/mol. The fourth-order valence-electron chi connectivity index (χ4n) is 1.45. The fourth-order valence-corrected chi connectivity index (χ4v) is 2.25. The summed E-state index contributed by atoms with van der Waals surface area (Å²) in [7, 11) is 1.39. The largest absolute Gasteiger partial charge is 0.468 e. The summed E-state index contributed by atoms with van der Waals surface area (Å²) < 4.78 is 6.69. The van der Waals surface area contributed by atoms with E-state index in [0.717, 1.165) is 23.9 Å². The summed E-state index contributed by atoms with van der Waals surface area (Å²) in [4.78, 5) is 11.1. The van der Waals surface area contributed by atoms with E-state index in [1.807, 2.05) is 0 Å².